The Morgan fingerprint density at radius 2 is 2.38 bits per heavy atom. The molecule has 0 aliphatic carbocycles. The van der Waals surface area contributed by atoms with Crippen molar-refractivity contribution in [2.45, 2.75) is 18.5 Å². The summed E-state index contributed by atoms with van der Waals surface area (Å²) < 4.78 is 5.18. The second-order valence-corrected chi connectivity index (χ2v) is 4.25. The molecule has 0 radical (unpaired) electrons. The number of carbonyl (C=O) groups is 2. The van der Waals surface area contributed by atoms with Gasteiger partial charge in [0.05, 0.1) is 13.2 Å². The molecule has 3 atom stereocenters. The van der Waals surface area contributed by atoms with E-state index in [0.29, 0.717) is 5.76 Å². The highest BCUT2D eigenvalue weighted by molar-refractivity contribution is 6.01. The largest absolute Gasteiger partial charge is 0.498 e. The van der Waals surface area contributed by atoms with Crippen LogP contribution in [0.15, 0.2) is 11.5 Å². The Morgan fingerprint density at radius 3 is 3.00 bits per heavy atom. The molecule has 6 nitrogen and oxygen atoms in total. The summed E-state index contributed by atoms with van der Waals surface area (Å²) in [5.41, 5.74) is 0.0300. The van der Waals surface area contributed by atoms with E-state index in [-0.39, 0.29) is 29.6 Å². The van der Waals surface area contributed by atoms with Crippen LogP contribution < -0.4 is 5.32 Å². The van der Waals surface area contributed by atoms with E-state index >= 15 is 0 Å². The molecular formula is C10H12N2O4. The van der Waals surface area contributed by atoms with Gasteiger partial charge in [-0.3, -0.25) is 9.69 Å². The molecule has 0 aromatic heterocycles. The van der Waals surface area contributed by atoms with Gasteiger partial charge in [-0.1, -0.05) is 0 Å². The third-order valence-corrected chi connectivity index (χ3v) is 3.61. The number of hydrogen-bond acceptors (Lipinski definition) is 4. The lowest BCUT2D eigenvalue weighted by molar-refractivity contribution is -0.154. The quantitative estimate of drug-likeness (QED) is 0.596. The van der Waals surface area contributed by atoms with Crippen molar-refractivity contribution in [1.82, 2.24) is 10.2 Å². The van der Waals surface area contributed by atoms with Crippen molar-refractivity contribution < 1.29 is 19.4 Å². The van der Waals surface area contributed by atoms with Gasteiger partial charge in [0.15, 0.2) is 5.70 Å². The SMILES string of the molecule is COC1=C(C(=O)O)N2C(=O)[C@H]3NCCC1[C@H]32. The average molecular weight is 224 g/mol. The highest BCUT2D eigenvalue weighted by Gasteiger charge is 2.61. The van der Waals surface area contributed by atoms with E-state index in [1.165, 1.54) is 12.0 Å². The fourth-order valence-electron chi connectivity index (χ4n) is 2.99. The van der Waals surface area contributed by atoms with Crippen LogP contribution in [0.4, 0.5) is 0 Å². The number of piperidine rings is 1. The van der Waals surface area contributed by atoms with Crippen LogP contribution in [0, 0.1) is 5.92 Å². The minimum absolute atomic E-state index is 0.0300. The topological polar surface area (TPSA) is 78.9 Å². The molecule has 86 valence electrons. The Balaban J connectivity index is 2.07. The van der Waals surface area contributed by atoms with Crippen LogP contribution in [0.1, 0.15) is 6.42 Å². The number of hydrogen-bond donors (Lipinski definition) is 2. The summed E-state index contributed by atoms with van der Waals surface area (Å²) in [5.74, 6) is -0.743. The summed E-state index contributed by atoms with van der Waals surface area (Å²) in [7, 11) is 1.46. The minimum atomic E-state index is -1.09. The van der Waals surface area contributed by atoms with E-state index in [1.807, 2.05) is 0 Å². The number of rotatable bonds is 2. The molecule has 0 aromatic rings. The van der Waals surface area contributed by atoms with Crippen molar-refractivity contribution in [1.29, 1.82) is 0 Å². The first-order valence-electron chi connectivity index (χ1n) is 5.24. The summed E-state index contributed by atoms with van der Waals surface area (Å²) in [6.07, 6.45) is 0.810. The summed E-state index contributed by atoms with van der Waals surface area (Å²) in [6, 6.07) is -0.275. The second kappa shape index (κ2) is 2.98. The zero-order chi connectivity index (χ0) is 11.4. The molecule has 2 saturated heterocycles. The van der Waals surface area contributed by atoms with E-state index in [0.717, 1.165) is 13.0 Å². The molecule has 3 aliphatic heterocycles. The van der Waals surface area contributed by atoms with Gasteiger partial charge in [-0.05, 0) is 13.0 Å². The van der Waals surface area contributed by atoms with E-state index in [2.05, 4.69) is 5.32 Å². The van der Waals surface area contributed by atoms with Crippen LogP contribution in [-0.2, 0) is 14.3 Å². The summed E-state index contributed by atoms with van der Waals surface area (Å²) >= 11 is 0. The fraction of sp³-hybridized carbons (Fsp3) is 0.600. The van der Waals surface area contributed by atoms with Crippen molar-refractivity contribution in [2.75, 3.05) is 13.7 Å². The highest BCUT2D eigenvalue weighted by atomic mass is 16.5. The van der Waals surface area contributed by atoms with E-state index in [9.17, 15) is 9.59 Å². The predicted octanol–water partition coefficient (Wildman–Crippen LogP) is -0.868. The monoisotopic (exact) mass is 224 g/mol. The first-order chi connectivity index (χ1) is 7.66. The van der Waals surface area contributed by atoms with Crippen LogP contribution in [0.25, 0.3) is 0 Å². The van der Waals surface area contributed by atoms with E-state index < -0.39 is 5.97 Å². The zero-order valence-electron chi connectivity index (χ0n) is 8.77. The number of carboxylic acids is 1. The van der Waals surface area contributed by atoms with Crippen molar-refractivity contribution in [3.63, 3.8) is 0 Å². The molecule has 0 saturated carbocycles. The van der Waals surface area contributed by atoms with Gasteiger partial charge in [0.25, 0.3) is 0 Å². The normalized spacial score (nSPS) is 35.9. The van der Waals surface area contributed by atoms with Crippen molar-refractivity contribution >= 4 is 11.9 Å². The maximum atomic E-state index is 11.7. The molecule has 0 aromatic carbocycles. The number of carboxylic acid groups (broad SMARTS) is 1. The van der Waals surface area contributed by atoms with Gasteiger partial charge < -0.3 is 15.2 Å². The molecule has 2 fully saturated rings. The van der Waals surface area contributed by atoms with Gasteiger partial charge in [-0.2, -0.15) is 0 Å². The number of carbonyl (C=O) groups excluding carboxylic acids is 1. The highest BCUT2D eigenvalue weighted by Crippen LogP contribution is 2.46. The predicted molar refractivity (Wildman–Crippen MR) is 52.2 cm³/mol. The first kappa shape index (κ1) is 9.65. The van der Waals surface area contributed by atoms with Crippen LogP contribution in [0.5, 0.6) is 0 Å². The first-order valence-corrected chi connectivity index (χ1v) is 5.24. The summed E-state index contributed by atoms with van der Waals surface area (Å²) in [6.45, 7) is 0.727. The Kier molecular flexibility index (Phi) is 1.79. The Hall–Kier alpha value is -1.56. The molecule has 0 spiro atoms. The summed E-state index contributed by atoms with van der Waals surface area (Å²) in [4.78, 5) is 24.2. The number of methoxy groups -OCH3 is 1. The molecule has 0 bridgehead atoms. The maximum absolute atomic E-state index is 11.7. The van der Waals surface area contributed by atoms with Gasteiger partial charge in [-0.25, -0.2) is 4.79 Å². The van der Waals surface area contributed by atoms with Gasteiger partial charge >= 0.3 is 5.97 Å². The summed E-state index contributed by atoms with van der Waals surface area (Å²) in [5, 5.41) is 12.2. The molecule has 3 heterocycles. The Labute approximate surface area is 91.9 Å². The number of nitrogens with one attached hydrogen (secondary N) is 1. The molecule has 3 aliphatic rings. The zero-order valence-corrected chi connectivity index (χ0v) is 8.77. The van der Waals surface area contributed by atoms with Gasteiger partial charge in [0.2, 0.25) is 5.91 Å². The smallest absolute Gasteiger partial charge is 0.356 e. The molecule has 1 unspecified atom stereocenters. The fourth-order valence-corrected chi connectivity index (χ4v) is 2.99. The maximum Gasteiger partial charge on any atom is 0.356 e. The Morgan fingerprint density at radius 1 is 1.62 bits per heavy atom. The van der Waals surface area contributed by atoms with Crippen LogP contribution >= 0.6 is 0 Å². The van der Waals surface area contributed by atoms with E-state index in [1.54, 1.807) is 0 Å². The van der Waals surface area contributed by atoms with Gasteiger partial charge in [0.1, 0.15) is 11.8 Å². The molecular weight excluding hydrogens is 212 g/mol. The lowest BCUT2D eigenvalue weighted by atomic mass is 9.81. The lowest BCUT2D eigenvalue weighted by Crippen LogP contribution is -2.71. The number of aliphatic carboxylic acids is 1. The molecule has 16 heavy (non-hydrogen) atoms. The van der Waals surface area contributed by atoms with Gasteiger partial charge in [-0.15, -0.1) is 0 Å². The van der Waals surface area contributed by atoms with E-state index in [4.69, 9.17) is 9.84 Å². The van der Waals surface area contributed by atoms with Crippen LogP contribution in [0.3, 0.4) is 0 Å². The molecule has 1 amide bonds. The van der Waals surface area contributed by atoms with Crippen LogP contribution in [0.2, 0.25) is 0 Å². The van der Waals surface area contributed by atoms with Crippen molar-refractivity contribution in [2.24, 2.45) is 5.92 Å². The minimum Gasteiger partial charge on any atom is -0.498 e. The average Bonchev–Trinajstić information content (AvgIpc) is 2.61. The third kappa shape index (κ3) is 0.904. The second-order valence-electron chi connectivity index (χ2n) is 4.25. The third-order valence-electron chi connectivity index (χ3n) is 3.61. The number of ether oxygens (including phenoxy) is 1. The van der Waals surface area contributed by atoms with Crippen LogP contribution in [-0.4, -0.2) is 47.6 Å². The Bertz CT molecular complexity index is 417. The number of β-lactam (4-membered cyclic amide) rings is 1. The number of nitrogens with zero attached hydrogens (tertiary/aromatic N) is 1. The van der Waals surface area contributed by atoms with Gasteiger partial charge in [0, 0.05) is 5.92 Å². The standard InChI is InChI=1S/C10H12N2O4/c1-16-8-4-2-3-11-5-6(4)12(9(5)13)7(8)10(14)15/h4-6,11H,2-3H2,1H3,(H,14,15)/t4?,5-,6+/m0/s1. The molecule has 6 heteroatoms. The number of amides is 1. The lowest BCUT2D eigenvalue weighted by Gasteiger charge is -2.48. The van der Waals surface area contributed by atoms with Crippen molar-refractivity contribution in [3.05, 3.63) is 11.5 Å². The molecule has 2 N–H and O–H groups in total. The molecule has 3 rings (SSSR count). The van der Waals surface area contributed by atoms with Crippen molar-refractivity contribution in [3.8, 4) is 0 Å².